The smallest absolute Gasteiger partial charge is 0.216 e. The number of hydrogen-bond donors (Lipinski definition) is 1. The molecule has 0 aliphatic heterocycles. The van der Waals surface area contributed by atoms with Gasteiger partial charge in [-0.1, -0.05) is 33.6 Å². The Hall–Kier alpha value is -1.16. The summed E-state index contributed by atoms with van der Waals surface area (Å²) in [7, 11) is 1.63. The molecule has 1 aromatic heterocycles. The van der Waals surface area contributed by atoms with Gasteiger partial charge >= 0.3 is 0 Å². The average molecular weight is 251 g/mol. The molecule has 0 radical (unpaired) electrons. The second-order valence-corrected chi connectivity index (χ2v) is 4.73. The zero-order valence-electron chi connectivity index (χ0n) is 11.9. The molecule has 1 aromatic rings. The maximum Gasteiger partial charge on any atom is 0.216 e. The molecule has 0 fully saturated rings. The normalized spacial score (nSPS) is 14.2. The molecule has 4 nitrogen and oxygen atoms in total. The highest BCUT2D eigenvalue weighted by atomic mass is 16.5. The molecule has 0 aliphatic rings. The first-order chi connectivity index (χ1) is 8.71. The van der Waals surface area contributed by atoms with Gasteiger partial charge in [0.25, 0.3) is 0 Å². The second kappa shape index (κ2) is 8.03. The van der Waals surface area contributed by atoms with Crippen LogP contribution in [0.25, 0.3) is 0 Å². The number of nitrogens with one attached hydrogen (secondary N) is 1. The minimum Gasteiger partial charge on any atom is -0.481 e. The van der Waals surface area contributed by atoms with Crippen molar-refractivity contribution in [2.75, 3.05) is 13.7 Å². The van der Waals surface area contributed by atoms with E-state index in [0.717, 1.165) is 18.7 Å². The van der Waals surface area contributed by atoms with Gasteiger partial charge in [-0.25, -0.2) is 9.97 Å². The summed E-state index contributed by atoms with van der Waals surface area (Å²) in [4.78, 5) is 8.42. The van der Waals surface area contributed by atoms with Crippen molar-refractivity contribution in [3.05, 3.63) is 18.1 Å². The molecule has 18 heavy (non-hydrogen) atoms. The van der Waals surface area contributed by atoms with E-state index in [0.29, 0.717) is 11.8 Å². The van der Waals surface area contributed by atoms with Crippen LogP contribution in [0.5, 0.6) is 5.88 Å². The molecule has 0 aromatic carbocycles. The van der Waals surface area contributed by atoms with Gasteiger partial charge in [0.15, 0.2) is 0 Å². The first kappa shape index (κ1) is 14.9. The van der Waals surface area contributed by atoms with E-state index in [1.54, 1.807) is 13.4 Å². The number of aromatic nitrogens is 2. The number of hydrogen-bond acceptors (Lipinski definition) is 4. The molecular weight excluding hydrogens is 226 g/mol. The second-order valence-electron chi connectivity index (χ2n) is 4.73. The van der Waals surface area contributed by atoms with Crippen LogP contribution in [0.2, 0.25) is 0 Å². The topological polar surface area (TPSA) is 47.0 Å². The average Bonchev–Trinajstić information content (AvgIpc) is 2.38. The van der Waals surface area contributed by atoms with Crippen molar-refractivity contribution < 1.29 is 4.74 Å². The van der Waals surface area contributed by atoms with Gasteiger partial charge in [-0.3, -0.25) is 0 Å². The summed E-state index contributed by atoms with van der Waals surface area (Å²) < 4.78 is 5.16. The zero-order valence-corrected chi connectivity index (χ0v) is 11.9. The highest BCUT2D eigenvalue weighted by Crippen LogP contribution is 2.23. The van der Waals surface area contributed by atoms with Gasteiger partial charge < -0.3 is 10.1 Å². The lowest BCUT2D eigenvalue weighted by Gasteiger charge is -2.21. The number of ether oxygens (including phenoxy) is 1. The lowest BCUT2D eigenvalue weighted by Crippen LogP contribution is -2.24. The van der Waals surface area contributed by atoms with Crippen molar-refractivity contribution in [1.29, 1.82) is 0 Å². The van der Waals surface area contributed by atoms with Crippen LogP contribution in [-0.2, 0) is 0 Å². The molecule has 1 rings (SSSR count). The van der Waals surface area contributed by atoms with E-state index in [1.807, 2.05) is 6.07 Å². The molecule has 0 saturated heterocycles. The number of methoxy groups -OCH3 is 1. The third kappa shape index (κ3) is 4.61. The Balaban J connectivity index is 2.75. The lowest BCUT2D eigenvalue weighted by molar-refractivity contribution is 0.377. The molecule has 0 aliphatic carbocycles. The first-order valence-corrected chi connectivity index (χ1v) is 6.80. The van der Waals surface area contributed by atoms with E-state index >= 15 is 0 Å². The summed E-state index contributed by atoms with van der Waals surface area (Å²) in [6, 6.07) is 2.21. The van der Waals surface area contributed by atoms with Crippen molar-refractivity contribution >= 4 is 0 Å². The largest absolute Gasteiger partial charge is 0.481 e. The van der Waals surface area contributed by atoms with Gasteiger partial charge in [-0.15, -0.1) is 0 Å². The molecule has 102 valence electrons. The van der Waals surface area contributed by atoms with Crippen molar-refractivity contribution in [2.45, 2.75) is 46.1 Å². The van der Waals surface area contributed by atoms with Gasteiger partial charge in [0.2, 0.25) is 5.88 Å². The summed E-state index contributed by atoms with van der Waals surface area (Å²) in [6.45, 7) is 7.59. The minimum absolute atomic E-state index is 0.286. The maximum absolute atomic E-state index is 5.16. The van der Waals surface area contributed by atoms with Crippen LogP contribution in [0.1, 0.15) is 51.8 Å². The molecular formula is C14H25N3O. The Kier molecular flexibility index (Phi) is 6.65. The Morgan fingerprint density at radius 2 is 2.11 bits per heavy atom. The Morgan fingerprint density at radius 3 is 2.72 bits per heavy atom. The van der Waals surface area contributed by atoms with Crippen LogP contribution >= 0.6 is 0 Å². The van der Waals surface area contributed by atoms with Crippen LogP contribution in [0, 0.1) is 5.92 Å². The molecule has 2 atom stereocenters. The SMILES string of the molecule is CCCC(C)CC(NCC)c1cc(OC)ncn1. The van der Waals surface area contributed by atoms with Crippen molar-refractivity contribution in [3.63, 3.8) is 0 Å². The van der Waals surface area contributed by atoms with Gasteiger partial charge in [-0.2, -0.15) is 0 Å². The molecule has 0 spiro atoms. The molecule has 0 bridgehead atoms. The monoisotopic (exact) mass is 251 g/mol. The summed E-state index contributed by atoms with van der Waals surface area (Å²) in [5, 5.41) is 3.49. The van der Waals surface area contributed by atoms with Gasteiger partial charge in [-0.05, 0) is 18.9 Å². The van der Waals surface area contributed by atoms with E-state index in [9.17, 15) is 0 Å². The Bertz CT molecular complexity index is 344. The summed E-state index contributed by atoms with van der Waals surface area (Å²) in [5.74, 6) is 1.33. The van der Waals surface area contributed by atoms with Gasteiger partial charge in [0.05, 0.1) is 12.8 Å². The van der Waals surface area contributed by atoms with Crippen molar-refractivity contribution in [3.8, 4) is 5.88 Å². The summed E-state index contributed by atoms with van der Waals surface area (Å²) >= 11 is 0. The molecule has 0 amide bonds. The quantitative estimate of drug-likeness (QED) is 0.771. The summed E-state index contributed by atoms with van der Waals surface area (Å²) in [6.07, 6.45) is 5.15. The molecule has 1 N–H and O–H groups in total. The van der Waals surface area contributed by atoms with Crippen LogP contribution in [0.4, 0.5) is 0 Å². The third-order valence-corrected chi connectivity index (χ3v) is 3.10. The van der Waals surface area contributed by atoms with E-state index in [2.05, 4.69) is 36.1 Å². The van der Waals surface area contributed by atoms with Crippen LogP contribution in [0.3, 0.4) is 0 Å². The third-order valence-electron chi connectivity index (χ3n) is 3.10. The molecule has 2 unspecified atom stereocenters. The Labute approximate surface area is 110 Å². The fourth-order valence-electron chi connectivity index (χ4n) is 2.22. The van der Waals surface area contributed by atoms with Crippen LogP contribution in [-0.4, -0.2) is 23.6 Å². The molecule has 4 heteroatoms. The van der Waals surface area contributed by atoms with E-state index in [-0.39, 0.29) is 6.04 Å². The predicted octanol–water partition coefficient (Wildman–Crippen LogP) is 2.96. The fourth-order valence-corrected chi connectivity index (χ4v) is 2.22. The van der Waals surface area contributed by atoms with E-state index in [4.69, 9.17) is 4.74 Å². The fraction of sp³-hybridized carbons (Fsp3) is 0.714. The lowest BCUT2D eigenvalue weighted by atomic mass is 9.95. The van der Waals surface area contributed by atoms with E-state index in [1.165, 1.54) is 12.8 Å². The number of nitrogens with zero attached hydrogens (tertiary/aromatic N) is 2. The highest BCUT2D eigenvalue weighted by molar-refractivity contribution is 5.16. The predicted molar refractivity (Wildman–Crippen MR) is 73.7 cm³/mol. The zero-order chi connectivity index (χ0) is 13.4. The van der Waals surface area contributed by atoms with E-state index < -0.39 is 0 Å². The van der Waals surface area contributed by atoms with Crippen molar-refractivity contribution in [1.82, 2.24) is 15.3 Å². The Morgan fingerprint density at radius 1 is 1.33 bits per heavy atom. The maximum atomic E-state index is 5.16. The minimum atomic E-state index is 0.286. The van der Waals surface area contributed by atoms with Crippen molar-refractivity contribution in [2.24, 2.45) is 5.92 Å². The first-order valence-electron chi connectivity index (χ1n) is 6.80. The van der Waals surface area contributed by atoms with Crippen LogP contribution in [0.15, 0.2) is 12.4 Å². The van der Waals surface area contributed by atoms with Gasteiger partial charge in [0.1, 0.15) is 6.33 Å². The summed E-state index contributed by atoms with van der Waals surface area (Å²) in [5.41, 5.74) is 1.02. The van der Waals surface area contributed by atoms with Gasteiger partial charge in [0, 0.05) is 12.1 Å². The molecule has 1 heterocycles. The molecule has 0 saturated carbocycles. The standard InChI is InChI=1S/C14H25N3O/c1-5-7-11(3)8-12(15-6-2)13-9-14(18-4)17-10-16-13/h9-12,15H,5-8H2,1-4H3. The highest BCUT2D eigenvalue weighted by Gasteiger charge is 2.16. The number of rotatable bonds is 8. The van der Waals surface area contributed by atoms with Crippen LogP contribution < -0.4 is 10.1 Å².